The van der Waals surface area contributed by atoms with Gasteiger partial charge in [0.15, 0.2) is 6.61 Å². The molecule has 0 bridgehead atoms. The van der Waals surface area contributed by atoms with Gasteiger partial charge in [0, 0.05) is 18.8 Å². The van der Waals surface area contributed by atoms with E-state index in [1.165, 1.54) is 18.0 Å². The molecule has 0 saturated heterocycles. The van der Waals surface area contributed by atoms with Crippen molar-refractivity contribution in [1.82, 2.24) is 4.90 Å². The Morgan fingerprint density at radius 2 is 1.70 bits per heavy atom. The average molecular weight is 366 g/mol. The molecular formula is C21H22N2O4. The Bertz CT molecular complexity index is 814. The van der Waals surface area contributed by atoms with Gasteiger partial charge in [-0.05, 0) is 30.7 Å². The number of hydrogen-bond acceptors (Lipinski definition) is 4. The fourth-order valence-electron chi connectivity index (χ4n) is 2.16. The second-order valence-corrected chi connectivity index (χ2v) is 6.02. The number of rotatable bonds is 7. The Kier molecular flexibility index (Phi) is 7.31. The normalized spacial score (nSPS) is 10.4. The van der Waals surface area contributed by atoms with Crippen LogP contribution in [0.5, 0.6) is 0 Å². The van der Waals surface area contributed by atoms with E-state index in [2.05, 4.69) is 5.32 Å². The molecule has 0 aromatic heterocycles. The van der Waals surface area contributed by atoms with Gasteiger partial charge in [-0.3, -0.25) is 9.59 Å². The molecule has 27 heavy (non-hydrogen) atoms. The van der Waals surface area contributed by atoms with Gasteiger partial charge in [-0.1, -0.05) is 48.0 Å². The number of aryl methyl sites for hydroxylation is 1. The number of benzene rings is 2. The van der Waals surface area contributed by atoms with Gasteiger partial charge in [0.2, 0.25) is 5.91 Å². The summed E-state index contributed by atoms with van der Waals surface area (Å²) in [4.78, 5) is 36.9. The molecule has 0 aliphatic heterocycles. The molecule has 2 aromatic rings. The number of carbonyl (C=O) groups is 3. The lowest BCUT2D eigenvalue weighted by Gasteiger charge is -2.16. The fraction of sp³-hybridized carbons (Fsp3) is 0.190. The van der Waals surface area contributed by atoms with Crippen molar-refractivity contribution in [1.29, 1.82) is 0 Å². The minimum Gasteiger partial charge on any atom is -0.452 e. The lowest BCUT2D eigenvalue weighted by molar-refractivity contribution is -0.148. The number of hydrogen-bond donors (Lipinski definition) is 1. The van der Waals surface area contributed by atoms with Crippen molar-refractivity contribution in [3.63, 3.8) is 0 Å². The first-order valence-corrected chi connectivity index (χ1v) is 8.44. The molecule has 0 saturated carbocycles. The molecule has 0 spiro atoms. The first kappa shape index (κ1) is 19.9. The van der Waals surface area contributed by atoms with Crippen LogP contribution in [-0.4, -0.2) is 42.9 Å². The van der Waals surface area contributed by atoms with E-state index in [9.17, 15) is 14.4 Å². The van der Waals surface area contributed by atoms with Crippen molar-refractivity contribution in [3.05, 3.63) is 71.8 Å². The zero-order chi connectivity index (χ0) is 19.6. The van der Waals surface area contributed by atoms with Gasteiger partial charge in [-0.2, -0.15) is 0 Å². The summed E-state index contributed by atoms with van der Waals surface area (Å²) >= 11 is 0. The molecule has 0 atom stereocenters. The highest BCUT2D eigenvalue weighted by Gasteiger charge is 2.14. The molecule has 0 radical (unpaired) electrons. The van der Waals surface area contributed by atoms with E-state index in [1.807, 2.05) is 49.4 Å². The summed E-state index contributed by atoms with van der Waals surface area (Å²) in [6, 6.07) is 16.6. The zero-order valence-corrected chi connectivity index (χ0v) is 15.3. The summed E-state index contributed by atoms with van der Waals surface area (Å²) in [5.74, 6) is -1.41. The highest BCUT2D eigenvalue weighted by atomic mass is 16.5. The van der Waals surface area contributed by atoms with Gasteiger partial charge < -0.3 is 15.0 Å². The maximum Gasteiger partial charge on any atom is 0.331 e. The van der Waals surface area contributed by atoms with E-state index in [0.717, 1.165) is 11.1 Å². The summed E-state index contributed by atoms with van der Waals surface area (Å²) in [5, 5.41) is 2.71. The smallest absolute Gasteiger partial charge is 0.331 e. The fourth-order valence-corrected chi connectivity index (χ4v) is 2.16. The Hall–Kier alpha value is -3.41. The van der Waals surface area contributed by atoms with Crippen LogP contribution in [0.25, 0.3) is 6.08 Å². The number of esters is 1. The highest BCUT2D eigenvalue weighted by molar-refractivity contribution is 5.95. The Labute approximate surface area is 158 Å². The van der Waals surface area contributed by atoms with Crippen molar-refractivity contribution >= 4 is 29.5 Å². The van der Waals surface area contributed by atoms with Crippen LogP contribution in [-0.2, 0) is 19.1 Å². The predicted octanol–water partition coefficient (Wildman–Crippen LogP) is 2.65. The number of carbonyl (C=O) groups excluding carboxylic acids is 3. The Morgan fingerprint density at radius 3 is 2.37 bits per heavy atom. The third-order valence-electron chi connectivity index (χ3n) is 3.69. The van der Waals surface area contributed by atoms with E-state index < -0.39 is 18.5 Å². The summed E-state index contributed by atoms with van der Waals surface area (Å²) in [6.45, 7) is 1.39. The van der Waals surface area contributed by atoms with E-state index in [-0.39, 0.29) is 12.5 Å². The van der Waals surface area contributed by atoms with E-state index in [0.29, 0.717) is 5.69 Å². The molecule has 0 aliphatic rings. The number of anilines is 1. The van der Waals surface area contributed by atoms with Gasteiger partial charge >= 0.3 is 5.97 Å². The van der Waals surface area contributed by atoms with Crippen molar-refractivity contribution in [2.45, 2.75) is 6.92 Å². The number of nitrogens with zero attached hydrogens (tertiary/aromatic N) is 1. The van der Waals surface area contributed by atoms with Crippen LogP contribution in [0.1, 0.15) is 11.1 Å². The molecule has 6 nitrogen and oxygen atoms in total. The second kappa shape index (κ2) is 9.91. The van der Waals surface area contributed by atoms with Gasteiger partial charge in [-0.15, -0.1) is 0 Å². The third kappa shape index (κ3) is 7.15. The lowest BCUT2D eigenvalue weighted by Crippen LogP contribution is -2.37. The quantitative estimate of drug-likeness (QED) is 0.604. The topological polar surface area (TPSA) is 75.7 Å². The van der Waals surface area contributed by atoms with Crippen LogP contribution in [0.4, 0.5) is 5.69 Å². The van der Waals surface area contributed by atoms with Crippen LogP contribution in [0.2, 0.25) is 0 Å². The van der Waals surface area contributed by atoms with Crippen LogP contribution in [0.3, 0.4) is 0 Å². The van der Waals surface area contributed by atoms with Crippen LogP contribution < -0.4 is 5.32 Å². The number of amides is 2. The maximum absolute atomic E-state index is 12.0. The monoisotopic (exact) mass is 366 g/mol. The number of likely N-dealkylation sites (N-methyl/N-ethyl adjacent to an activating group) is 1. The lowest BCUT2D eigenvalue weighted by atomic mass is 10.2. The molecule has 2 aromatic carbocycles. The molecular weight excluding hydrogens is 344 g/mol. The Balaban J connectivity index is 1.74. The molecule has 0 fully saturated rings. The van der Waals surface area contributed by atoms with E-state index in [4.69, 9.17) is 4.74 Å². The molecule has 140 valence electrons. The Morgan fingerprint density at radius 1 is 1.04 bits per heavy atom. The zero-order valence-electron chi connectivity index (χ0n) is 15.3. The van der Waals surface area contributed by atoms with Crippen LogP contribution in [0.15, 0.2) is 60.7 Å². The van der Waals surface area contributed by atoms with E-state index >= 15 is 0 Å². The van der Waals surface area contributed by atoms with Crippen molar-refractivity contribution in [3.8, 4) is 0 Å². The average Bonchev–Trinajstić information content (AvgIpc) is 2.67. The summed E-state index contributed by atoms with van der Waals surface area (Å²) in [7, 11) is 1.48. The third-order valence-corrected chi connectivity index (χ3v) is 3.69. The maximum atomic E-state index is 12.0. The SMILES string of the molecule is Cc1ccc(NC(=O)CN(C)C(=O)COC(=O)/C=C/c2ccccc2)cc1. The highest BCUT2D eigenvalue weighted by Crippen LogP contribution is 2.08. The molecule has 1 N–H and O–H groups in total. The summed E-state index contributed by atoms with van der Waals surface area (Å²) < 4.78 is 4.91. The largest absolute Gasteiger partial charge is 0.452 e. The molecule has 2 amide bonds. The van der Waals surface area contributed by atoms with Crippen LogP contribution >= 0.6 is 0 Å². The minimum atomic E-state index is -0.621. The van der Waals surface area contributed by atoms with Crippen molar-refractivity contribution in [2.75, 3.05) is 25.5 Å². The van der Waals surface area contributed by atoms with Gasteiger partial charge in [0.1, 0.15) is 0 Å². The minimum absolute atomic E-state index is 0.135. The predicted molar refractivity (Wildman–Crippen MR) is 104 cm³/mol. The van der Waals surface area contributed by atoms with Gasteiger partial charge in [-0.25, -0.2) is 4.79 Å². The first-order valence-electron chi connectivity index (χ1n) is 8.44. The van der Waals surface area contributed by atoms with Gasteiger partial charge in [0.05, 0.1) is 6.54 Å². The summed E-state index contributed by atoms with van der Waals surface area (Å²) in [6.07, 6.45) is 2.86. The molecule has 2 rings (SSSR count). The number of ether oxygens (including phenoxy) is 1. The van der Waals surface area contributed by atoms with Crippen molar-refractivity contribution in [2.24, 2.45) is 0 Å². The number of nitrogens with one attached hydrogen (secondary N) is 1. The molecule has 0 aliphatic carbocycles. The van der Waals surface area contributed by atoms with Crippen molar-refractivity contribution < 1.29 is 19.1 Å². The molecule has 6 heteroatoms. The van der Waals surface area contributed by atoms with Gasteiger partial charge in [0.25, 0.3) is 5.91 Å². The van der Waals surface area contributed by atoms with Crippen LogP contribution in [0, 0.1) is 6.92 Å². The molecule has 0 heterocycles. The second-order valence-electron chi connectivity index (χ2n) is 6.02. The summed E-state index contributed by atoms with van der Waals surface area (Å²) in [5.41, 5.74) is 2.60. The van der Waals surface area contributed by atoms with E-state index in [1.54, 1.807) is 18.2 Å². The standard InChI is InChI=1S/C21H22N2O4/c1-16-8-11-18(12-9-16)22-19(24)14-23(2)20(25)15-27-21(26)13-10-17-6-4-3-5-7-17/h3-13H,14-15H2,1-2H3,(H,22,24)/b13-10+. The molecule has 0 unspecified atom stereocenters. The first-order chi connectivity index (χ1) is 12.9.